The summed E-state index contributed by atoms with van der Waals surface area (Å²) in [6, 6.07) is 8.25. The second-order valence-corrected chi connectivity index (χ2v) is 6.09. The third-order valence-corrected chi connectivity index (χ3v) is 4.78. The van der Waals surface area contributed by atoms with Crippen molar-refractivity contribution in [1.29, 1.82) is 0 Å². The van der Waals surface area contributed by atoms with Crippen molar-refractivity contribution in [3.63, 3.8) is 0 Å². The van der Waals surface area contributed by atoms with Crippen molar-refractivity contribution in [2.45, 2.75) is 31.6 Å². The van der Waals surface area contributed by atoms with Crippen LogP contribution in [-0.2, 0) is 12.8 Å². The minimum absolute atomic E-state index is 0.173. The monoisotopic (exact) mass is 281 g/mol. The minimum Gasteiger partial charge on any atom is -0.338 e. The molecule has 1 aromatic carbocycles. The number of amides is 1. The number of aryl methyl sites for hydroxylation is 2. The zero-order valence-electron chi connectivity index (χ0n) is 12.0. The second kappa shape index (κ2) is 5.02. The fraction of sp³-hybridized carbons (Fsp3) is 0.412. The van der Waals surface area contributed by atoms with E-state index in [1.165, 1.54) is 17.5 Å². The van der Waals surface area contributed by atoms with Gasteiger partial charge in [-0.15, -0.1) is 0 Å². The van der Waals surface area contributed by atoms with Gasteiger partial charge in [0.15, 0.2) is 0 Å². The Hall–Kier alpha value is -2.10. The van der Waals surface area contributed by atoms with E-state index >= 15 is 0 Å². The molecular formula is C17H19N3O. The number of nitrogens with zero attached hydrogens (tertiary/aromatic N) is 2. The Bertz CT molecular complexity index is 663. The number of benzene rings is 1. The van der Waals surface area contributed by atoms with Gasteiger partial charge in [0.1, 0.15) is 0 Å². The Morgan fingerprint density at radius 2 is 2.14 bits per heavy atom. The maximum atomic E-state index is 12.7. The summed E-state index contributed by atoms with van der Waals surface area (Å²) < 4.78 is 0. The molecule has 2 aliphatic rings. The maximum Gasteiger partial charge on any atom is 0.253 e. The summed E-state index contributed by atoms with van der Waals surface area (Å²) in [5.41, 5.74) is 4.77. The van der Waals surface area contributed by atoms with Crippen molar-refractivity contribution >= 4 is 5.91 Å². The molecule has 1 aliphatic heterocycles. The van der Waals surface area contributed by atoms with Crippen LogP contribution in [-0.4, -0.2) is 34.1 Å². The third-order valence-electron chi connectivity index (χ3n) is 4.78. The van der Waals surface area contributed by atoms with Crippen LogP contribution >= 0.6 is 0 Å². The Balaban J connectivity index is 1.51. The third kappa shape index (κ3) is 2.24. The van der Waals surface area contributed by atoms with E-state index in [9.17, 15) is 4.79 Å². The lowest BCUT2D eigenvalue weighted by Gasteiger charge is -2.17. The molecule has 0 radical (unpaired) electrons. The van der Waals surface area contributed by atoms with Gasteiger partial charge < -0.3 is 4.90 Å². The average molecular weight is 281 g/mol. The number of H-pyrrole nitrogens is 1. The minimum atomic E-state index is 0.173. The van der Waals surface area contributed by atoms with Crippen molar-refractivity contribution in [3.8, 4) is 0 Å². The summed E-state index contributed by atoms with van der Waals surface area (Å²) >= 11 is 0. The van der Waals surface area contributed by atoms with Gasteiger partial charge in [-0.05, 0) is 55.0 Å². The topological polar surface area (TPSA) is 49.0 Å². The van der Waals surface area contributed by atoms with E-state index < -0.39 is 0 Å². The molecular weight excluding hydrogens is 262 g/mol. The molecule has 1 atom stereocenters. The van der Waals surface area contributed by atoms with Gasteiger partial charge in [0, 0.05) is 36.5 Å². The van der Waals surface area contributed by atoms with Gasteiger partial charge in [-0.1, -0.05) is 6.07 Å². The van der Waals surface area contributed by atoms with E-state index in [-0.39, 0.29) is 5.91 Å². The first kappa shape index (κ1) is 12.6. The Labute approximate surface area is 124 Å². The molecule has 1 N–H and O–H groups in total. The number of nitrogens with one attached hydrogen (secondary N) is 1. The molecule has 2 aromatic rings. The van der Waals surface area contributed by atoms with E-state index in [0.29, 0.717) is 5.92 Å². The van der Waals surface area contributed by atoms with Gasteiger partial charge in [-0.3, -0.25) is 9.89 Å². The number of fused-ring (bicyclic) bond motifs is 1. The van der Waals surface area contributed by atoms with Crippen LogP contribution in [0.3, 0.4) is 0 Å². The average Bonchev–Trinajstić information content (AvgIpc) is 3.24. The standard InChI is InChI=1S/C17H19N3O/c21-17(14-5-4-12-2-1-3-13(12)10-14)20-9-7-15(11-20)16-6-8-18-19-16/h4-6,8,10,15H,1-3,7,9,11H2,(H,18,19). The molecule has 1 fully saturated rings. The largest absolute Gasteiger partial charge is 0.338 e. The van der Waals surface area contributed by atoms with Crippen LogP contribution in [0.25, 0.3) is 0 Å². The quantitative estimate of drug-likeness (QED) is 0.919. The number of aromatic nitrogens is 2. The summed E-state index contributed by atoms with van der Waals surface area (Å²) in [6.07, 6.45) is 6.29. The van der Waals surface area contributed by atoms with Gasteiger partial charge in [0.2, 0.25) is 0 Å². The van der Waals surface area contributed by atoms with Crippen LogP contribution in [0.2, 0.25) is 0 Å². The Morgan fingerprint density at radius 1 is 1.24 bits per heavy atom. The summed E-state index contributed by atoms with van der Waals surface area (Å²) in [6.45, 7) is 1.62. The highest BCUT2D eigenvalue weighted by Gasteiger charge is 2.29. The number of carbonyl (C=O) groups is 1. The van der Waals surface area contributed by atoms with Crippen LogP contribution in [0.15, 0.2) is 30.5 Å². The fourth-order valence-corrected chi connectivity index (χ4v) is 3.58. The molecule has 21 heavy (non-hydrogen) atoms. The van der Waals surface area contributed by atoms with Crippen molar-refractivity contribution in [2.75, 3.05) is 13.1 Å². The summed E-state index contributed by atoms with van der Waals surface area (Å²) in [4.78, 5) is 14.6. The van der Waals surface area contributed by atoms with E-state index in [1.807, 2.05) is 17.0 Å². The highest BCUT2D eigenvalue weighted by molar-refractivity contribution is 5.94. The summed E-state index contributed by atoms with van der Waals surface area (Å²) in [5.74, 6) is 0.567. The maximum absolute atomic E-state index is 12.7. The van der Waals surface area contributed by atoms with E-state index in [0.717, 1.165) is 43.6 Å². The molecule has 4 heteroatoms. The normalized spacial score (nSPS) is 20.8. The van der Waals surface area contributed by atoms with Crippen LogP contribution in [0.1, 0.15) is 45.9 Å². The lowest BCUT2D eigenvalue weighted by Crippen LogP contribution is -2.28. The molecule has 0 bridgehead atoms. The van der Waals surface area contributed by atoms with E-state index in [1.54, 1.807) is 6.20 Å². The van der Waals surface area contributed by atoms with Gasteiger partial charge in [0.25, 0.3) is 5.91 Å². The second-order valence-electron chi connectivity index (χ2n) is 6.09. The molecule has 108 valence electrons. The molecule has 1 saturated heterocycles. The highest BCUT2D eigenvalue weighted by atomic mass is 16.2. The van der Waals surface area contributed by atoms with Crippen LogP contribution < -0.4 is 0 Å². The fourth-order valence-electron chi connectivity index (χ4n) is 3.58. The van der Waals surface area contributed by atoms with E-state index in [4.69, 9.17) is 0 Å². The van der Waals surface area contributed by atoms with Crippen molar-refractivity contribution in [3.05, 3.63) is 52.8 Å². The lowest BCUT2D eigenvalue weighted by atomic mass is 10.0. The molecule has 2 heterocycles. The van der Waals surface area contributed by atoms with Crippen molar-refractivity contribution in [1.82, 2.24) is 15.1 Å². The first-order chi connectivity index (χ1) is 10.3. The molecule has 1 aromatic heterocycles. The lowest BCUT2D eigenvalue weighted by molar-refractivity contribution is 0.0790. The van der Waals surface area contributed by atoms with Crippen molar-refractivity contribution in [2.24, 2.45) is 0 Å². The smallest absolute Gasteiger partial charge is 0.253 e. The van der Waals surface area contributed by atoms with Crippen molar-refractivity contribution < 1.29 is 4.79 Å². The molecule has 4 rings (SSSR count). The van der Waals surface area contributed by atoms with Crippen LogP contribution in [0.4, 0.5) is 0 Å². The van der Waals surface area contributed by atoms with Gasteiger partial charge >= 0.3 is 0 Å². The zero-order valence-corrected chi connectivity index (χ0v) is 12.0. The SMILES string of the molecule is O=C(c1ccc2c(c1)CCC2)N1CCC(c2ccn[nH]2)C1. The zero-order chi connectivity index (χ0) is 14.2. The Kier molecular flexibility index (Phi) is 3.02. The van der Waals surface area contributed by atoms with Crippen LogP contribution in [0, 0.1) is 0 Å². The molecule has 0 spiro atoms. The predicted molar refractivity (Wildman–Crippen MR) is 80.3 cm³/mol. The van der Waals surface area contributed by atoms with Crippen LogP contribution in [0.5, 0.6) is 0 Å². The highest BCUT2D eigenvalue weighted by Crippen LogP contribution is 2.28. The summed E-state index contributed by atoms with van der Waals surface area (Å²) in [7, 11) is 0. The molecule has 0 saturated carbocycles. The molecule has 1 unspecified atom stereocenters. The predicted octanol–water partition coefficient (Wildman–Crippen LogP) is 2.53. The number of likely N-dealkylation sites (tertiary alicyclic amines) is 1. The molecule has 1 aliphatic carbocycles. The molecule has 1 amide bonds. The summed E-state index contributed by atoms with van der Waals surface area (Å²) in [5, 5.41) is 7.03. The van der Waals surface area contributed by atoms with Gasteiger partial charge in [-0.25, -0.2) is 0 Å². The Morgan fingerprint density at radius 3 is 3.00 bits per heavy atom. The van der Waals surface area contributed by atoms with E-state index in [2.05, 4.69) is 22.3 Å². The number of hydrogen-bond donors (Lipinski definition) is 1. The first-order valence-electron chi connectivity index (χ1n) is 7.71. The number of aromatic amines is 1. The first-order valence-corrected chi connectivity index (χ1v) is 7.71. The van der Waals surface area contributed by atoms with Gasteiger partial charge in [0.05, 0.1) is 0 Å². The molecule has 4 nitrogen and oxygen atoms in total. The number of carbonyl (C=O) groups excluding carboxylic acids is 1. The number of hydrogen-bond acceptors (Lipinski definition) is 2. The number of rotatable bonds is 2. The van der Waals surface area contributed by atoms with Gasteiger partial charge in [-0.2, -0.15) is 5.10 Å².